The third kappa shape index (κ3) is 6.16. The molecule has 0 bridgehead atoms. The highest BCUT2D eigenvalue weighted by molar-refractivity contribution is 7.98. The molecule has 23 heavy (non-hydrogen) atoms. The van der Waals surface area contributed by atoms with Crippen LogP contribution in [0.3, 0.4) is 0 Å². The maximum Gasteiger partial charge on any atom is 0.224 e. The van der Waals surface area contributed by atoms with E-state index in [1.54, 1.807) is 18.7 Å². The fourth-order valence-electron chi connectivity index (χ4n) is 3.04. The maximum atomic E-state index is 12.4. The summed E-state index contributed by atoms with van der Waals surface area (Å²) < 4.78 is 0. The summed E-state index contributed by atoms with van der Waals surface area (Å²) in [5.41, 5.74) is 0.449. The minimum atomic E-state index is -0.840. The molecule has 0 radical (unpaired) electrons. The van der Waals surface area contributed by atoms with Crippen molar-refractivity contribution in [2.24, 2.45) is 5.92 Å². The molecule has 1 aliphatic heterocycles. The van der Waals surface area contributed by atoms with Crippen LogP contribution in [0.15, 0.2) is 30.3 Å². The molecule has 1 amide bonds. The minimum Gasteiger partial charge on any atom is -0.387 e. The van der Waals surface area contributed by atoms with E-state index >= 15 is 0 Å². The van der Waals surface area contributed by atoms with E-state index in [0.717, 1.165) is 32.5 Å². The topological polar surface area (TPSA) is 52.6 Å². The number of nitrogens with zero attached hydrogens (tertiary/aromatic N) is 1. The van der Waals surface area contributed by atoms with Gasteiger partial charge in [-0.2, -0.15) is 11.8 Å². The standard InChI is InChI=1S/C18H28N2O2S/c1-18(22,14-23-2)13-19-17(21)16-9-6-10-20(12-16)11-15-7-4-3-5-8-15/h3-5,7-8,16,22H,6,9-14H2,1-2H3,(H,19,21)/t16-,18-/m1/s1. The lowest BCUT2D eigenvalue weighted by Gasteiger charge is -2.32. The Morgan fingerprint density at radius 3 is 2.87 bits per heavy atom. The summed E-state index contributed by atoms with van der Waals surface area (Å²) in [5, 5.41) is 13.1. The van der Waals surface area contributed by atoms with Gasteiger partial charge in [0.05, 0.1) is 11.5 Å². The smallest absolute Gasteiger partial charge is 0.224 e. The number of likely N-dealkylation sites (tertiary alicyclic amines) is 1. The average Bonchev–Trinajstić information content (AvgIpc) is 2.54. The number of amides is 1. The van der Waals surface area contributed by atoms with Gasteiger partial charge >= 0.3 is 0 Å². The molecule has 2 N–H and O–H groups in total. The van der Waals surface area contributed by atoms with Crippen molar-refractivity contribution in [3.05, 3.63) is 35.9 Å². The largest absolute Gasteiger partial charge is 0.387 e. The fraction of sp³-hybridized carbons (Fsp3) is 0.611. The lowest BCUT2D eigenvalue weighted by molar-refractivity contribution is -0.127. The first-order valence-corrected chi connectivity index (χ1v) is 9.65. The SMILES string of the molecule is CSC[C@](C)(O)CNC(=O)[C@@H]1CCCN(Cc2ccccc2)C1. The van der Waals surface area contributed by atoms with E-state index in [9.17, 15) is 9.90 Å². The molecule has 0 aliphatic carbocycles. The Kier molecular flexibility index (Phi) is 6.93. The second-order valence-corrected chi connectivity index (χ2v) is 7.57. The first-order chi connectivity index (χ1) is 11.0. The van der Waals surface area contributed by atoms with Crippen molar-refractivity contribution in [2.75, 3.05) is 31.6 Å². The van der Waals surface area contributed by atoms with Gasteiger partial charge < -0.3 is 10.4 Å². The van der Waals surface area contributed by atoms with E-state index in [2.05, 4.69) is 34.5 Å². The number of rotatable bonds is 7. The highest BCUT2D eigenvalue weighted by atomic mass is 32.2. The van der Waals surface area contributed by atoms with Gasteiger partial charge in [0.1, 0.15) is 0 Å². The summed E-state index contributed by atoms with van der Waals surface area (Å²) in [5.74, 6) is 0.722. The van der Waals surface area contributed by atoms with E-state index in [0.29, 0.717) is 12.3 Å². The van der Waals surface area contributed by atoms with Gasteiger partial charge in [0, 0.05) is 25.4 Å². The zero-order valence-corrected chi connectivity index (χ0v) is 14.9. The molecule has 5 heteroatoms. The molecule has 1 aromatic rings. The van der Waals surface area contributed by atoms with E-state index in [-0.39, 0.29) is 11.8 Å². The van der Waals surface area contributed by atoms with E-state index in [4.69, 9.17) is 0 Å². The molecule has 0 unspecified atom stereocenters. The molecule has 0 spiro atoms. The molecule has 4 nitrogen and oxygen atoms in total. The summed E-state index contributed by atoms with van der Waals surface area (Å²) in [4.78, 5) is 14.7. The summed E-state index contributed by atoms with van der Waals surface area (Å²) in [6.07, 6.45) is 3.94. The number of nitrogens with one attached hydrogen (secondary N) is 1. The van der Waals surface area contributed by atoms with Crippen LogP contribution in [-0.4, -0.2) is 53.2 Å². The molecule has 1 aromatic carbocycles. The van der Waals surface area contributed by atoms with Gasteiger partial charge in [-0.3, -0.25) is 9.69 Å². The Morgan fingerprint density at radius 1 is 1.43 bits per heavy atom. The Hall–Kier alpha value is -1.04. The minimum absolute atomic E-state index is 0.0255. The van der Waals surface area contributed by atoms with Crippen LogP contribution >= 0.6 is 11.8 Å². The van der Waals surface area contributed by atoms with E-state index in [1.807, 2.05) is 12.3 Å². The molecule has 1 heterocycles. The number of benzene rings is 1. The molecule has 1 fully saturated rings. The van der Waals surface area contributed by atoms with Crippen molar-refractivity contribution in [1.29, 1.82) is 0 Å². The van der Waals surface area contributed by atoms with Crippen LogP contribution in [-0.2, 0) is 11.3 Å². The van der Waals surface area contributed by atoms with Crippen molar-refractivity contribution in [1.82, 2.24) is 10.2 Å². The van der Waals surface area contributed by atoms with Gasteiger partial charge in [-0.25, -0.2) is 0 Å². The number of hydrogen-bond acceptors (Lipinski definition) is 4. The van der Waals surface area contributed by atoms with Gasteiger partial charge in [0.2, 0.25) is 5.91 Å². The first-order valence-electron chi connectivity index (χ1n) is 8.25. The molecule has 0 aromatic heterocycles. The molecule has 2 atom stereocenters. The second kappa shape index (κ2) is 8.71. The van der Waals surface area contributed by atoms with Crippen molar-refractivity contribution < 1.29 is 9.90 Å². The highest BCUT2D eigenvalue weighted by Gasteiger charge is 2.27. The van der Waals surface area contributed by atoms with Crippen LogP contribution in [0.4, 0.5) is 0 Å². The van der Waals surface area contributed by atoms with Gasteiger partial charge in [-0.05, 0) is 38.1 Å². The number of hydrogen-bond donors (Lipinski definition) is 2. The van der Waals surface area contributed by atoms with Crippen molar-refractivity contribution >= 4 is 17.7 Å². The van der Waals surface area contributed by atoms with Crippen molar-refractivity contribution in [3.8, 4) is 0 Å². The monoisotopic (exact) mass is 336 g/mol. The number of aliphatic hydroxyl groups is 1. The third-order valence-electron chi connectivity index (χ3n) is 4.22. The zero-order valence-electron chi connectivity index (χ0n) is 14.1. The van der Waals surface area contributed by atoms with Crippen LogP contribution in [0.5, 0.6) is 0 Å². The Bertz CT molecular complexity index is 493. The number of carbonyl (C=O) groups is 1. The summed E-state index contributed by atoms with van der Waals surface area (Å²) >= 11 is 1.59. The van der Waals surface area contributed by atoms with Gasteiger partial charge in [0.25, 0.3) is 0 Å². The van der Waals surface area contributed by atoms with Crippen LogP contribution in [0, 0.1) is 5.92 Å². The lowest BCUT2D eigenvalue weighted by Crippen LogP contribution is -2.47. The van der Waals surface area contributed by atoms with Crippen LogP contribution in [0.25, 0.3) is 0 Å². The number of thioether (sulfide) groups is 1. The summed E-state index contributed by atoms with van der Waals surface area (Å²) in [6, 6.07) is 10.4. The Balaban J connectivity index is 1.82. The number of carbonyl (C=O) groups excluding carboxylic acids is 1. The van der Waals surface area contributed by atoms with Crippen LogP contribution in [0.1, 0.15) is 25.3 Å². The van der Waals surface area contributed by atoms with Gasteiger partial charge in [-0.15, -0.1) is 0 Å². The Labute approximate surface area is 143 Å². The fourth-order valence-corrected chi connectivity index (χ4v) is 3.76. The predicted molar refractivity (Wildman–Crippen MR) is 96.5 cm³/mol. The van der Waals surface area contributed by atoms with Crippen LogP contribution in [0.2, 0.25) is 0 Å². The quantitative estimate of drug-likeness (QED) is 0.801. The molecule has 128 valence electrons. The highest BCUT2D eigenvalue weighted by Crippen LogP contribution is 2.19. The maximum absolute atomic E-state index is 12.4. The Morgan fingerprint density at radius 2 is 2.17 bits per heavy atom. The molecular formula is C18H28N2O2S. The lowest BCUT2D eigenvalue weighted by atomic mass is 9.96. The normalized spacial score (nSPS) is 21.6. The van der Waals surface area contributed by atoms with Gasteiger partial charge in [0.15, 0.2) is 0 Å². The van der Waals surface area contributed by atoms with Crippen LogP contribution < -0.4 is 5.32 Å². The second-order valence-electron chi connectivity index (χ2n) is 6.71. The average molecular weight is 337 g/mol. The van der Waals surface area contributed by atoms with E-state index < -0.39 is 5.60 Å². The van der Waals surface area contributed by atoms with E-state index in [1.165, 1.54) is 5.56 Å². The number of piperidine rings is 1. The molecule has 0 saturated carbocycles. The van der Waals surface area contributed by atoms with Crippen molar-refractivity contribution in [3.63, 3.8) is 0 Å². The molecule has 1 saturated heterocycles. The molecular weight excluding hydrogens is 308 g/mol. The zero-order chi connectivity index (χ0) is 16.7. The summed E-state index contributed by atoms with van der Waals surface area (Å²) in [6.45, 7) is 4.83. The van der Waals surface area contributed by atoms with Gasteiger partial charge in [-0.1, -0.05) is 30.3 Å². The summed E-state index contributed by atoms with van der Waals surface area (Å²) in [7, 11) is 0. The molecule has 2 rings (SSSR count). The van der Waals surface area contributed by atoms with Crippen molar-refractivity contribution in [2.45, 2.75) is 31.9 Å². The first kappa shape index (κ1) is 18.3. The molecule has 1 aliphatic rings. The predicted octanol–water partition coefficient (Wildman–Crippen LogP) is 2.13. The third-order valence-corrected chi connectivity index (χ3v) is 5.13.